The Morgan fingerprint density at radius 2 is 1.96 bits per heavy atom. The number of carbonyl (C=O) groups is 1. The topological polar surface area (TPSA) is 64.6 Å². The average molecular weight is 420 g/mol. The van der Waals surface area contributed by atoms with E-state index in [9.17, 15) is 4.79 Å². The van der Waals surface area contributed by atoms with Crippen molar-refractivity contribution >= 4 is 44.9 Å². The summed E-state index contributed by atoms with van der Waals surface area (Å²) in [7, 11) is 1.56. The molecule has 0 aliphatic rings. The van der Waals surface area contributed by atoms with Gasteiger partial charge in [-0.1, -0.05) is 30.3 Å². The predicted molar refractivity (Wildman–Crippen MR) is 112 cm³/mol. The van der Waals surface area contributed by atoms with Crippen LogP contribution < -0.4 is 4.90 Å². The summed E-state index contributed by atoms with van der Waals surface area (Å²) >= 11 is 7.47. The van der Waals surface area contributed by atoms with Crippen LogP contribution in [0.2, 0.25) is 5.28 Å². The predicted octanol–water partition coefficient (Wildman–Crippen LogP) is 4.48. The van der Waals surface area contributed by atoms with Gasteiger partial charge in [0.25, 0.3) is 0 Å². The summed E-state index contributed by atoms with van der Waals surface area (Å²) in [5.41, 5.74) is 1.97. The van der Waals surface area contributed by atoms with E-state index in [-0.39, 0.29) is 17.9 Å². The van der Waals surface area contributed by atoms with Crippen molar-refractivity contribution < 1.29 is 14.3 Å². The number of fused-ring (bicyclic) bond motifs is 1. The first-order chi connectivity index (χ1) is 13.5. The van der Waals surface area contributed by atoms with E-state index in [2.05, 4.69) is 33.9 Å². The highest BCUT2D eigenvalue weighted by Crippen LogP contribution is 2.37. The van der Waals surface area contributed by atoms with E-state index in [1.807, 2.05) is 25.1 Å². The molecule has 3 aromatic rings. The summed E-state index contributed by atoms with van der Waals surface area (Å²) in [6.45, 7) is 5.93. The summed E-state index contributed by atoms with van der Waals surface area (Å²) in [6.07, 6.45) is 0. The van der Waals surface area contributed by atoms with Gasteiger partial charge in [0.05, 0.1) is 12.0 Å². The second-order valence-corrected chi connectivity index (χ2v) is 7.52. The summed E-state index contributed by atoms with van der Waals surface area (Å²) in [5, 5.41) is 1.00. The van der Waals surface area contributed by atoms with Crippen molar-refractivity contribution in [3.63, 3.8) is 0 Å². The van der Waals surface area contributed by atoms with E-state index in [0.29, 0.717) is 22.9 Å². The van der Waals surface area contributed by atoms with Gasteiger partial charge in [-0.3, -0.25) is 0 Å². The Kier molecular flexibility index (Phi) is 6.83. The fraction of sp³-hybridized carbons (Fsp3) is 0.350. The van der Waals surface area contributed by atoms with Crippen molar-refractivity contribution in [2.45, 2.75) is 20.4 Å². The molecule has 0 fully saturated rings. The van der Waals surface area contributed by atoms with Gasteiger partial charge >= 0.3 is 5.97 Å². The van der Waals surface area contributed by atoms with Crippen LogP contribution in [0.15, 0.2) is 30.3 Å². The number of methoxy groups -OCH3 is 1. The fourth-order valence-corrected chi connectivity index (χ4v) is 4.22. The number of ether oxygens (including phenoxy) is 2. The van der Waals surface area contributed by atoms with Crippen molar-refractivity contribution in [1.82, 2.24) is 9.97 Å². The molecule has 28 heavy (non-hydrogen) atoms. The third-order valence-corrected chi connectivity index (χ3v) is 5.68. The van der Waals surface area contributed by atoms with Gasteiger partial charge in [-0.2, -0.15) is 4.98 Å². The number of hydrogen-bond donors (Lipinski definition) is 0. The van der Waals surface area contributed by atoms with E-state index in [1.54, 1.807) is 7.11 Å². The Hall–Kier alpha value is -2.22. The number of halogens is 1. The van der Waals surface area contributed by atoms with Gasteiger partial charge in [0.1, 0.15) is 22.1 Å². The molecule has 0 amide bonds. The molecular formula is C20H22ClN3O3S. The summed E-state index contributed by atoms with van der Waals surface area (Å²) < 4.78 is 10.2. The maximum absolute atomic E-state index is 12.5. The van der Waals surface area contributed by atoms with E-state index in [0.717, 1.165) is 23.3 Å². The number of aromatic nitrogens is 2. The Morgan fingerprint density at radius 1 is 1.21 bits per heavy atom. The Labute approximate surface area is 173 Å². The van der Waals surface area contributed by atoms with Crippen LogP contribution in [0, 0.1) is 6.92 Å². The zero-order valence-corrected chi connectivity index (χ0v) is 17.6. The molecule has 6 nitrogen and oxygen atoms in total. The lowest BCUT2D eigenvalue weighted by Crippen LogP contribution is -2.23. The summed E-state index contributed by atoms with van der Waals surface area (Å²) in [4.78, 5) is 24.6. The quantitative estimate of drug-likeness (QED) is 0.304. The van der Waals surface area contributed by atoms with Crippen LogP contribution in [-0.4, -0.2) is 42.8 Å². The standard InChI is InChI=1S/C20H22ClN3O3S/c1-4-24(12-14-8-6-5-7-9-14)17-15-13(2)16(19(25)27-11-10-26-3)28-18(15)23-20(21)22-17/h5-9H,4,10-12H2,1-3H3. The van der Waals surface area contributed by atoms with E-state index in [4.69, 9.17) is 21.1 Å². The van der Waals surface area contributed by atoms with Crippen LogP contribution in [0.25, 0.3) is 10.2 Å². The Morgan fingerprint density at radius 3 is 2.64 bits per heavy atom. The molecule has 1 aromatic carbocycles. The van der Waals surface area contributed by atoms with Crippen molar-refractivity contribution in [2.24, 2.45) is 0 Å². The molecule has 0 bridgehead atoms. The molecule has 0 saturated carbocycles. The van der Waals surface area contributed by atoms with Gasteiger partial charge in [-0.25, -0.2) is 9.78 Å². The number of hydrogen-bond acceptors (Lipinski definition) is 7. The highest BCUT2D eigenvalue weighted by Gasteiger charge is 2.23. The minimum absolute atomic E-state index is 0.162. The number of esters is 1. The van der Waals surface area contributed by atoms with Gasteiger partial charge in [0.15, 0.2) is 0 Å². The molecule has 8 heteroatoms. The molecule has 3 rings (SSSR count). The molecule has 2 heterocycles. The first-order valence-corrected chi connectivity index (χ1v) is 10.2. The highest BCUT2D eigenvalue weighted by molar-refractivity contribution is 7.20. The molecule has 0 saturated heterocycles. The van der Waals surface area contributed by atoms with Crippen LogP contribution >= 0.6 is 22.9 Å². The van der Waals surface area contributed by atoms with Gasteiger partial charge in [0.2, 0.25) is 5.28 Å². The average Bonchev–Trinajstić information content (AvgIpc) is 3.03. The minimum Gasteiger partial charge on any atom is -0.459 e. The number of thiophene rings is 1. The van der Waals surface area contributed by atoms with Crippen molar-refractivity contribution in [1.29, 1.82) is 0 Å². The lowest BCUT2D eigenvalue weighted by Gasteiger charge is -2.23. The molecule has 0 atom stereocenters. The fourth-order valence-electron chi connectivity index (χ4n) is 2.94. The second kappa shape index (κ2) is 9.32. The summed E-state index contributed by atoms with van der Waals surface area (Å²) in [5.74, 6) is 0.344. The summed E-state index contributed by atoms with van der Waals surface area (Å²) in [6, 6.07) is 10.2. The first-order valence-electron chi connectivity index (χ1n) is 8.96. The highest BCUT2D eigenvalue weighted by atomic mass is 35.5. The second-order valence-electron chi connectivity index (χ2n) is 6.18. The van der Waals surface area contributed by atoms with Crippen LogP contribution in [-0.2, 0) is 16.0 Å². The van der Waals surface area contributed by atoms with Crippen molar-refractivity contribution in [2.75, 3.05) is 31.8 Å². The van der Waals surface area contributed by atoms with E-state index in [1.165, 1.54) is 16.9 Å². The third kappa shape index (κ3) is 4.43. The van der Waals surface area contributed by atoms with E-state index >= 15 is 0 Å². The van der Waals surface area contributed by atoms with Crippen LogP contribution in [0.3, 0.4) is 0 Å². The zero-order valence-electron chi connectivity index (χ0n) is 16.1. The lowest BCUT2D eigenvalue weighted by atomic mass is 10.1. The van der Waals surface area contributed by atoms with Gasteiger partial charge < -0.3 is 14.4 Å². The van der Waals surface area contributed by atoms with Crippen LogP contribution in [0.5, 0.6) is 0 Å². The minimum atomic E-state index is -0.384. The Bertz CT molecular complexity index is 962. The van der Waals surface area contributed by atoms with Gasteiger partial charge in [-0.05, 0) is 36.6 Å². The molecule has 0 N–H and O–H groups in total. The number of aryl methyl sites for hydroxylation is 1. The van der Waals surface area contributed by atoms with Crippen molar-refractivity contribution in [3.05, 3.63) is 51.6 Å². The number of anilines is 1. The molecular weight excluding hydrogens is 398 g/mol. The molecule has 0 aliphatic heterocycles. The largest absolute Gasteiger partial charge is 0.459 e. The molecule has 0 radical (unpaired) electrons. The van der Waals surface area contributed by atoms with Crippen molar-refractivity contribution in [3.8, 4) is 0 Å². The Balaban J connectivity index is 2.00. The molecule has 0 spiro atoms. The molecule has 0 aliphatic carbocycles. The van der Waals surface area contributed by atoms with Crippen LogP contribution in [0.1, 0.15) is 27.7 Å². The smallest absolute Gasteiger partial charge is 0.348 e. The zero-order chi connectivity index (χ0) is 20.1. The van der Waals surface area contributed by atoms with Crippen LogP contribution in [0.4, 0.5) is 5.82 Å². The molecule has 148 valence electrons. The normalized spacial score (nSPS) is 11.0. The monoisotopic (exact) mass is 419 g/mol. The number of nitrogens with zero attached hydrogens (tertiary/aromatic N) is 3. The maximum atomic E-state index is 12.5. The SMILES string of the molecule is CCN(Cc1ccccc1)c1nc(Cl)nc2sc(C(=O)OCCOC)c(C)c12. The first kappa shape index (κ1) is 20.5. The molecule has 0 unspecified atom stereocenters. The maximum Gasteiger partial charge on any atom is 0.348 e. The number of carbonyl (C=O) groups excluding carboxylic acids is 1. The van der Waals surface area contributed by atoms with E-state index < -0.39 is 0 Å². The third-order valence-electron chi connectivity index (χ3n) is 4.35. The lowest BCUT2D eigenvalue weighted by molar-refractivity contribution is 0.0393. The molecule has 2 aromatic heterocycles. The number of benzene rings is 1. The van der Waals surface area contributed by atoms with Gasteiger partial charge in [0, 0.05) is 20.2 Å². The number of rotatable bonds is 8. The van der Waals surface area contributed by atoms with Gasteiger partial charge in [-0.15, -0.1) is 11.3 Å².